The molecule has 0 bridgehead atoms. The third-order valence-electron chi connectivity index (χ3n) is 7.51. The Morgan fingerprint density at radius 2 is 2.03 bits per heavy atom. The molecule has 0 aromatic heterocycles. The van der Waals surface area contributed by atoms with Crippen molar-refractivity contribution >= 4 is 38.8 Å². The van der Waals surface area contributed by atoms with Gasteiger partial charge in [-0.3, -0.25) is 4.79 Å². The van der Waals surface area contributed by atoms with E-state index in [0.29, 0.717) is 24.0 Å². The van der Waals surface area contributed by atoms with Crippen LogP contribution in [0.5, 0.6) is 11.5 Å². The summed E-state index contributed by atoms with van der Waals surface area (Å²) in [7, 11) is 1.62. The predicted molar refractivity (Wildman–Crippen MR) is 138 cm³/mol. The Bertz CT molecular complexity index is 1250. The Hall–Kier alpha value is -2.86. The molecular formula is C28H29BrN2O3. The number of halogens is 1. The van der Waals surface area contributed by atoms with Crippen molar-refractivity contribution in [2.75, 3.05) is 7.11 Å². The number of methoxy groups -OCH3 is 1. The van der Waals surface area contributed by atoms with E-state index < -0.39 is 0 Å². The van der Waals surface area contributed by atoms with Gasteiger partial charge in [-0.15, -0.1) is 0 Å². The summed E-state index contributed by atoms with van der Waals surface area (Å²) in [4.78, 5) is 12.6. The van der Waals surface area contributed by atoms with E-state index in [0.717, 1.165) is 28.4 Å². The second-order valence-corrected chi connectivity index (χ2v) is 10.4. The second kappa shape index (κ2) is 9.41. The van der Waals surface area contributed by atoms with Gasteiger partial charge in [0.15, 0.2) is 11.5 Å². The Morgan fingerprint density at radius 3 is 2.82 bits per heavy atom. The van der Waals surface area contributed by atoms with Crippen LogP contribution in [0.3, 0.4) is 0 Å². The molecule has 3 atom stereocenters. The molecule has 2 saturated carbocycles. The maximum absolute atomic E-state index is 12.6. The van der Waals surface area contributed by atoms with Crippen molar-refractivity contribution < 1.29 is 14.3 Å². The van der Waals surface area contributed by atoms with Crippen LogP contribution in [0.4, 0.5) is 0 Å². The lowest BCUT2D eigenvalue weighted by Crippen LogP contribution is -2.22. The number of nitrogens with zero attached hydrogens (tertiary/aromatic N) is 1. The van der Waals surface area contributed by atoms with E-state index in [1.807, 2.05) is 30.3 Å². The van der Waals surface area contributed by atoms with Gasteiger partial charge in [0.2, 0.25) is 5.91 Å². The highest BCUT2D eigenvalue weighted by molar-refractivity contribution is 9.10. The minimum atomic E-state index is 0.0340. The molecule has 2 fully saturated rings. The first-order valence-electron chi connectivity index (χ1n) is 11.8. The van der Waals surface area contributed by atoms with Gasteiger partial charge in [0.05, 0.1) is 17.8 Å². The SMILES string of the molecule is COc1cc(/C=N\NC(=O)[C@@H]2[C@@H]3CCCC[C@@]23C)cc(Br)c1OCc1cccc2ccccc12. The number of hydrogen-bond acceptors (Lipinski definition) is 4. The minimum absolute atomic E-state index is 0.0340. The molecule has 0 aliphatic heterocycles. The summed E-state index contributed by atoms with van der Waals surface area (Å²) in [6.45, 7) is 2.66. The lowest BCUT2D eigenvalue weighted by molar-refractivity contribution is -0.123. The van der Waals surface area contributed by atoms with Crippen LogP contribution in [-0.2, 0) is 11.4 Å². The number of rotatable bonds is 7. The molecule has 0 radical (unpaired) electrons. The zero-order valence-corrected chi connectivity index (χ0v) is 21.1. The summed E-state index contributed by atoms with van der Waals surface area (Å²) < 4.78 is 12.5. The maximum Gasteiger partial charge on any atom is 0.244 e. The number of carbonyl (C=O) groups is 1. The quantitative estimate of drug-likeness (QED) is 0.287. The summed E-state index contributed by atoms with van der Waals surface area (Å²) in [5.41, 5.74) is 4.84. The largest absolute Gasteiger partial charge is 0.493 e. The van der Waals surface area contributed by atoms with Gasteiger partial charge in [0.1, 0.15) is 6.61 Å². The lowest BCUT2D eigenvalue weighted by atomic mass is 9.90. The van der Waals surface area contributed by atoms with Gasteiger partial charge in [-0.2, -0.15) is 5.10 Å². The van der Waals surface area contributed by atoms with E-state index >= 15 is 0 Å². The molecule has 3 aromatic rings. The van der Waals surface area contributed by atoms with E-state index in [-0.39, 0.29) is 17.2 Å². The number of fused-ring (bicyclic) bond motifs is 2. The Morgan fingerprint density at radius 1 is 1.21 bits per heavy atom. The van der Waals surface area contributed by atoms with Crippen molar-refractivity contribution in [1.82, 2.24) is 5.43 Å². The van der Waals surface area contributed by atoms with Crippen LogP contribution in [0.15, 0.2) is 64.2 Å². The summed E-state index contributed by atoms with van der Waals surface area (Å²) >= 11 is 3.61. The zero-order chi connectivity index (χ0) is 23.7. The van der Waals surface area contributed by atoms with E-state index in [4.69, 9.17) is 9.47 Å². The van der Waals surface area contributed by atoms with Crippen LogP contribution in [0.1, 0.15) is 43.7 Å². The normalized spacial score (nSPS) is 23.5. The molecule has 6 heteroatoms. The van der Waals surface area contributed by atoms with E-state index in [9.17, 15) is 4.79 Å². The number of carbonyl (C=O) groups excluding carboxylic acids is 1. The van der Waals surface area contributed by atoms with Gasteiger partial charge < -0.3 is 9.47 Å². The van der Waals surface area contributed by atoms with E-state index in [1.54, 1.807) is 13.3 Å². The molecule has 0 heterocycles. The highest BCUT2D eigenvalue weighted by Gasteiger charge is 2.64. The highest BCUT2D eigenvalue weighted by atomic mass is 79.9. The van der Waals surface area contributed by atoms with Gasteiger partial charge in [0, 0.05) is 5.92 Å². The van der Waals surface area contributed by atoms with Crippen LogP contribution in [0, 0.1) is 17.3 Å². The number of amides is 1. The molecule has 2 aliphatic carbocycles. The van der Waals surface area contributed by atoms with Crippen LogP contribution in [-0.4, -0.2) is 19.2 Å². The van der Waals surface area contributed by atoms with Crippen LogP contribution in [0.25, 0.3) is 10.8 Å². The van der Waals surface area contributed by atoms with E-state index in [1.165, 1.54) is 23.6 Å². The van der Waals surface area contributed by atoms with Gasteiger partial charge in [-0.25, -0.2) is 5.43 Å². The molecule has 0 saturated heterocycles. The average molecular weight is 521 g/mol. The first kappa shape index (κ1) is 22.9. The van der Waals surface area contributed by atoms with Crippen LogP contribution in [0.2, 0.25) is 0 Å². The van der Waals surface area contributed by atoms with Crippen molar-refractivity contribution in [3.8, 4) is 11.5 Å². The highest BCUT2D eigenvalue weighted by Crippen LogP contribution is 2.66. The van der Waals surface area contributed by atoms with Crippen molar-refractivity contribution in [3.63, 3.8) is 0 Å². The molecule has 0 unspecified atom stereocenters. The molecule has 5 nitrogen and oxygen atoms in total. The average Bonchev–Trinajstić information content (AvgIpc) is 3.48. The van der Waals surface area contributed by atoms with Gasteiger partial charge >= 0.3 is 0 Å². The lowest BCUT2D eigenvalue weighted by Gasteiger charge is -2.15. The fourth-order valence-corrected chi connectivity index (χ4v) is 6.19. The molecule has 1 N–H and O–H groups in total. The van der Waals surface area contributed by atoms with Crippen molar-refractivity contribution in [1.29, 1.82) is 0 Å². The van der Waals surface area contributed by atoms with Gasteiger partial charge in [-0.1, -0.05) is 62.2 Å². The molecule has 34 heavy (non-hydrogen) atoms. The van der Waals surface area contributed by atoms with E-state index in [2.05, 4.69) is 57.6 Å². The van der Waals surface area contributed by atoms with Crippen LogP contribution >= 0.6 is 15.9 Å². The molecule has 176 valence electrons. The number of benzene rings is 3. The smallest absolute Gasteiger partial charge is 0.244 e. The monoisotopic (exact) mass is 520 g/mol. The first-order chi connectivity index (χ1) is 16.5. The van der Waals surface area contributed by atoms with Crippen molar-refractivity contribution in [3.05, 3.63) is 70.2 Å². The zero-order valence-electron chi connectivity index (χ0n) is 19.5. The standard InChI is InChI=1S/C28H29BrN2O3/c1-28-13-6-5-12-22(28)25(28)27(32)31-30-16-18-14-23(29)26(24(15-18)33-2)34-17-20-10-7-9-19-8-3-4-11-21(19)20/h3-4,7-11,14-16,22,25H,5-6,12-13,17H2,1-2H3,(H,31,32)/b30-16-/t22-,25-,28+/m0/s1. The third-order valence-corrected chi connectivity index (χ3v) is 8.09. The molecule has 2 aliphatic rings. The van der Waals surface area contributed by atoms with Gasteiger partial charge in [0.25, 0.3) is 0 Å². The van der Waals surface area contributed by atoms with Gasteiger partial charge in [-0.05, 0) is 74.1 Å². The number of ether oxygens (including phenoxy) is 2. The molecule has 5 rings (SSSR count). The second-order valence-electron chi connectivity index (χ2n) is 9.53. The minimum Gasteiger partial charge on any atom is -0.493 e. The first-order valence-corrected chi connectivity index (χ1v) is 12.6. The maximum atomic E-state index is 12.6. The Balaban J connectivity index is 1.26. The third kappa shape index (κ3) is 4.31. The topological polar surface area (TPSA) is 59.9 Å². The summed E-state index contributed by atoms with van der Waals surface area (Å²) in [5.74, 6) is 1.88. The van der Waals surface area contributed by atoms with Crippen molar-refractivity contribution in [2.24, 2.45) is 22.4 Å². The molecule has 3 aromatic carbocycles. The van der Waals surface area contributed by atoms with Crippen LogP contribution < -0.4 is 14.9 Å². The van der Waals surface area contributed by atoms with Crippen molar-refractivity contribution in [2.45, 2.75) is 39.2 Å². The Kier molecular flexibility index (Phi) is 6.34. The fourth-order valence-electron chi connectivity index (χ4n) is 5.61. The number of hydrogen-bond donors (Lipinski definition) is 1. The molecule has 1 amide bonds. The fraction of sp³-hybridized carbons (Fsp3) is 0.357. The molecular weight excluding hydrogens is 492 g/mol. The summed E-state index contributed by atoms with van der Waals surface area (Å²) in [5, 5.41) is 6.58. The predicted octanol–water partition coefficient (Wildman–Crippen LogP) is 6.47. The number of hydrazone groups is 1. The Labute approximate surface area is 208 Å². The summed E-state index contributed by atoms with van der Waals surface area (Å²) in [6.07, 6.45) is 6.40. The molecule has 0 spiro atoms. The summed E-state index contributed by atoms with van der Waals surface area (Å²) in [6, 6.07) is 18.2. The number of nitrogens with one attached hydrogen (secondary N) is 1.